The Labute approximate surface area is 282 Å². The summed E-state index contributed by atoms with van der Waals surface area (Å²) in [5, 5.41) is 2.69. The van der Waals surface area contributed by atoms with Crippen molar-refractivity contribution in [1.82, 2.24) is 4.57 Å². The zero-order valence-electron chi connectivity index (χ0n) is 30.8. The second-order valence-corrected chi connectivity index (χ2v) is 22.0. The predicted molar refractivity (Wildman–Crippen MR) is 205 cm³/mol. The average Bonchev–Trinajstić information content (AvgIpc) is 3.53. The summed E-state index contributed by atoms with van der Waals surface area (Å²) < 4.78 is 2.99. The Kier molecular flexibility index (Phi) is 8.90. The van der Waals surface area contributed by atoms with Crippen LogP contribution in [-0.4, -0.2) is 23.9 Å². The molecule has 46 heavy (non-hydrogen) atoms. The second-order valence-electron chi connectivity index (χ2n) is 17.5. The van der Waals surface area contributed by atoms with Gasteiger partial charge in [0.25, 0.3) is 0 Å². The van der Waals surface area contributed by atoms with Crippen LogP contribution in [0, 0.1) is 11.8 Å². The van der Waals surface area contributed by atoms with Crippen LogP contribution in [-0.2, 0) is 5.41 Å². The highest BCUT2D eigenvalue weighted by Gasteiger charge is 2.55. The van der Waals surface area contributed by atoms with Crippen molar-refractivity contribution in [3.63, 3.8) is 0 Å². The summed E-state index contributed by atoms with van der Waals surface area (Å²) in [6, 6.07) is 23.3. The molecular weight excluding hydrogens is 571 g/mol. The predicted octanol–water partition coefficient (Wildman–Crippen LogP) is 13.0. The molecule has 1 nitrogen and oxygen atoms in total. The lowest BCUT2D eigenvalue weighted by atomic mass is 9.68. The van der Waals surface area contributed by atoms with Crippen LogP contribution in [0.15, 0.2) is 78.4 Å². The lowest BCUT2D eigenvalue weighted by molar-refractivity contribution is 0.122. The molecular formula is C44H61NSi. The van der Waals surface area contributed by atoms with Crippen LogP contribution >= 0.6 is 0 Å². The molecule has 1 fully saturated rings. The zero-order valence-corrected chi connectivity index (χ0v) is 31.8. The highest BCUT2D eigenvalue weighted by atomic mass is 28.3. The minimum absolute atomic E-state index is 0.116. The number of hydrogen-bond donors (Lipinski definition) is 0. The first kappa shape index (κ1) is 33.5. The van der Waals surface area contributed by atoms with Crippen LogP contribution in [0.1, 0.15) is 118 Å². The molecule has 1 saturated carbocycles. The van der Waals surface area contributed by atoms with E-state index in [1.165, 1.54) is 78.8 Å². The van der Waals surface area contributed by atoms with E-state index >= 15 is 0 Å². The van der Waals surface area contributed by atoms with E-state index in [9.17, 15) is 0 Å². The van der Waals surface area contributed by atoms with Gasteiger partial charge in [-0.25, -0.2) is 0 Å². The van der Waals surface area contributed by atoms with E-state index in [1.54, 1.807) is 16.7 Å². The van der Waals surface area contributed by atoms with E-state index in [0.29, 0.717) is 11.8 Å². The van der Waals surface area contributed by atoms with Crippen molar-refractivity contribution in [2.75, 3.05) is 0 Å². The van der Waals surface area contributed by atoms with Gasteiger partial charge in [-0.15, -0.1) is 0 Å². The molecule has 0 aromatic heterocycles. The smallest absolute Gasteiger partial charge is 0.126 e. The van der Waals surface area contributed by atoms with Crippen LogP contribution in [0.5, 0.6) is 0 Å². The third-order valence-electron chi connectivity index (χ3n) is 12.0. The lowest BCUT2D eigenvalue weighted by Crippen LogP contribution is -2.67. The third kappa shape index (κ3) is 5.60. The van der Waals surface area contributed by atoms with Gasteiger partial charge in [-0.2, -0.15) is 0 Å². The number of allylic oxidation sites excluding steroid dienone is 4. The van der Waals surface area contributed by atoms with E-state index in [4.69, 9.17) is 0 Å². The quantitative estimate of drug-likeness (QED) is 0.212. The molecule has 0 bridgehead atoms. The summed E-state index contributed by atoms with van der Waals surface area (Å²) in [4.78, 5) is 0. The van der Waals surface area contributed by atoms with Crippen molar-refractivity contribution in [2.45, 2.75) is 142 Å². The van der Waals surface area contributed by atoms with E-state index in [2.05, 4.69) is 146 Å². The van der Waals surface area contributed by atoms with Gasteiger partial charge in [-0.05, 0) is 128 Å². The highest BCUT2D eigenvalue weighted by Crippen LogP contribution is 2.62. The van der Waals surface area contributed by atoms with Gasteiger partial charge in [0.05, 0.1) is 0 Å². The van der Waals surface area contributed by atoms with E-state index < -0.39 is 8.24 Å². The first-order valence-corrected chi connectivity index (χ1v) is 21.6. The number of hydrogen-bond acceptors (Lipinski definition) is 1. The molecule has 2 heteroatoms. The fraction of sp³-hybridized carbons (Fsp3) is 0.545. The normalized spacial score (nSPS) is 22.5. The van der Waals surface area contributed by atoms with Gasteiger partial charge in [-0.1, -0.05) is 126 Å². The minimum Gasteiger partial charge on any atom is -0.314 e. The van der Waals surface area contributed by atoms with Crippen molar-refractivity contribution in [2.24, 2.45) is 11.8 Å². The molecule has 3 aliphatic carbocycles. The first-order chi connectivity index (χ1) is 21.7. The summed E-state index contributed by atoms with van der Waals surface area (Å²) >= 11 is 0. The molecule has 0 radical (unpaired) electrons. The van der Waals surface area contributed by atoms with E-state index in [-0.39, 0.29) is 16.5 Å². The molecule has 0 heterocycles. The summed E-state index contributed by atoms with van der Waals surface area (Å²) in [5.74, 6) is 1.32. The van der Waals surface area contributed by atoms with Gasteiger partial charge in [0.2, 0.25) is 0 Å². The number of benzene rings is 3. The Balaban J connectivity index is 1.50. The van der Waals surface area contributed by atoms with Crippen LogP contribution in [0.2, 0.25) is 18.6 Å². The molecule has 3 unspecified atom stereocenters. The fourth-order valence-corrected chi connectivity index (χ4v) is 17.0. The van der Waals surface area contributed by atoms with Gasteiger partial charge >= 0.3 is 0 Å². The monoisotopic (exact) mass is 631 g/mol. The molecule has 6 rings (SSSR count). The lowest BCUT2D eigenvalue weighted by Gasteiger charge is -2.57. The van der Waals surface area contributed by atoms with Crippen molar-refractivity contribution < 1.29 is 0 Å². The Bertz CT molecular complexity index is 1610. The maximum absolute atomic E-state index is 2.99. The van der Waals surface area contributed by atoms with Crippen LogP contribution in [0.3, 0.4) is 0 Å². The van der Waals surface area contributed by atoms with Crippen LogP contribution < -0.4 is 0 Å². The van der Waals surface area contributed by atoms with Gasteiger partial charge in [0, 0.05) is 16.5 Å². The fourth-order valence-electron chi connectivity index (χ4n) is 11.0. The van der Waals surface area contributed by atoms with Gasteiger partial charge in [0.15, 0.2) is 0 Å². The molecule has 3 aromatic carbocycles. The first-order valence-electron chi connectivity index (χ1n) is 18.6. The molecule has 0 saturated heterocycles. The molecule has 246 valence electrons. The van der Waals surface area contributed by atoms with Crippen LogP contribution in [0.25, 0.3) is 27.5 Å². The summed E-state index contributed by atoms with van der Waals surface area (Å²) in [6.07, 6.45) is 16.0. The maximum Gasteiger partial charge on any atom is 0.126 e. The SMILES string of the molecule is CCCCC1(CCCC)C2=CC3C(C=C2c2ccc(-c4cccc5ccccc45)cc21)CCC3[Si](C)(C)N(C(C)(C)C)C(C)(C)C. The highest BCUT2D eigenvalue weighted by molar-refractivity contribution is 6.76. The number of nitrogens with zero attached hydrogens (tertiary/aromatic N) is 1. The van der Waals surface area contributed by atoms with Gasteiger partial charge in [0.1, 0.15) is 8.24 Å². The standard InChI is InChI=1S/C44H61NSi/c1-11-13-26-44(27-14-12-2)39-29-33(35-21-17-19-31-18-15-16-20-34(31)35)22-24-36(39)38-28-32-23-25-41(37(32)30-40(38)44)46(9,10)45(42(3,4)5)43(6,7)8/h15-22,24,28-30,32,37,41H,11-14,23,25-27H2,1-10H3. The molecule has 3 atom stereocenters. The average molecular weight is 632 g/mol. The molecule has 0 aliphatic heterocycles. The largest absolute Gasteiger partial charge is 0.314 e. The number of rotatable bonds is 9. The van der Waals surface area contributed by atoms with Gasteiger partial charge in [-0.3, -0.25) is 0 Å². The number of fused-ring (bicyclic) bond motifs is 5. The maximum atomic E-state index is 2.99. The Morgan fingerprint density at radius 3 is 2.07 bits per heavy atom. The Morgan fingerprint density at radius 1 is 0.761 bits per heavy atom. The van der Waals surface area contributed by atoms with Gasteiger partial charge < -0.3 is 4.57 Å². The summed E-state index contributed by atoms with van der Waals surface area (Å²) in [5.41, 5.74) is 10.4. The van der Waals surface area contributed by atoms with E-state index in [0.717, 1.165) is 5.54 Å². The zero-order chi connectivity index (χ0) is 33.1. The summed E-state index contributed by atoms with van der Waals surface area (Å²) in [6.45, 7) is 24.9. The Morgan fingerprint density at radius 2 is 1.41 bits per heavy atom. The molecule has 3 aliphatic rings. The van der Waals surface area contributed by atoms with Crippen molar-refractivity contribution in [1.29, 1.82) is 0 Å². The van der Waals surface area contributed by atoms with Crippen molar-refractivity contribution >= 4 is 24.6 Å². The van der Waals surface area contributed by atoms with E-state index in [1.807, 2.05) is 0 Å². The minimum atomic E-state index is -1.82. The Hall–Kier alpha value is -2.42. The van der Waals surface area contributed by atoms with Crippen LogP contribution in [0.4, 0.5) is 0 Å². The molecule has 0 amide bonds. The third-order valence-corrected chi connectivity index (χ3v) is 17.0. The molecule has 0 spiro atoms. The topological polar surface area (TPSA) is 3.24 Å². The van der Waals surface area contributed by atoms with Crippen molar-refractivity contribution in [3.8, 4) is 11.1 Å². The number of unbranched alkanes of at least 4 members (excludes halogenated alkanes) is 2. The summed E-state index contributed by atoms with van der Waals surface area (Å²) in [7, 11) is -1.82. The van der Waals surface area contributed by atoms with Crippen molar-refractivity contribution in [3.05, 3.63) is 89.5 Å². The molecule has 3 aromatic rings. The second kappa shape index (κ2) is 12.2. The molecule has 0 N–H and O–H groups in total.